The molecule has 6 heteroatoms. The molecule has 1 aliphatic carbocycles. The number of nitrogens with zero attached hydrogens (tertiary/aromatic N) is 1. The van der Waals surface area contributed by atoms with Gasteiger partial charge in [-0.2, -0.15) is 13.2 Å². The van der Waals surface area contributed by atoms with Crippen molar-refractivity contribution < 1.29 is 13.2 Å². The molecule has 18 heavy (non-hydrogen) atoms. The van der Waals surface area contributed by atoms with E-state index in [1.165, 1.54) is 6.20 Å². The summed E-state index contributed by atoms with van der Waals surface area (Å²) in [6.07, 6.45) is 1.47. The molecule has 0 bridgehead atoms. The predicted molar refractivity (Wildman–Crippen MR) is 65.2 cm³/mol. The quantitative estimate of drug-likeness (QED) is 0.791. The summed E-state index contributed by atoms with van der Waals surface area (Å²) in [5.41, 5.74) is 5.68. The zero-order chi connectivity index (χ0) is 13.4. The molecular formula is C12H17F3N2S. The first kappa shape index (κ1) is 13.8. The first-order chi connectivity index (χ1) is 8.31. The summed E-state index contributed by atoms with van der Waals surface area (Å²) in [6.45, 7) is 2.17. The molecule has 0 radical (unpaired) electrons. The molecule has 102 valence electrons. The highest BCUT2D eigenvalue weighted by atomic mass is 32.1. The lowest BCUT2D eigenvalue weighted by molar-refractivity contribution is -0.137. The van der Waals surface area contributed by atoms with Crippen LogP contribution in [0.3, 0.4) is 0 Å². The third-order valence-electron chi connectivity index (χ3n) is 3.64. The Bertz CT molecular complexity index is 416. The third kappa shape index (κ3) is 2.85. The Labute approximate surface area is 108 Å². The molecule has 0 spiro atoms. The number of halogens is 3. The van der Waals surface area contributed by atoms with Crippen LogP contribution in [0, 0.1) is 5.92 Å². The van der Waals surface area contributed by atoms with Crippen molar-refractivity contribution >= 4 is 11.3 Å². The van der Waals surface area contributed by atoms with Crippen LogP contribution < -0.4 is 5.73 Å². The van der Waals surface area contributed by atoms with Crippen molar-refractivity contribution in [2.75, 3.05) is 0 Å². The fourth-order valence-corrected chi connectivity index (χ4v) is 3.36. The van der Waals surface area contributed by atoms with Gasteiger partial charge in [0.05, 0.1) is 5.54 Å². The molecule has 2 nitrogen and oxygen atoms in total. The van der Waals surface area contributed by atoms with E-state index in [9.17, 15) is 13.2 Å². The predicted octanol–water partition coefficient (Wildman–Crippen LogP) is 3.92. The van der Waals surface area contributed by atoms with Crippen LogP contribution in [0.4, 0.5) is 13.2 Å². The molecule has 1 aliphatic rings. The Kier molecular flexibility index (Phi) is 3.69. The van der Waals surface area contributed by atoms with Crippen LogP contribution in [-0.4, -0.2) is 4.98 Å². The van der Waals surface area contributed by atoms with Crippen LogP contribution in [0.15, 0.2) is 6.20 Å². The molecule has 2 atom stereocenters. The summed E-state index contributed by atoms with van der Waals surface area (Å²) in [7, 11) is 0. The average molecular weight is 278 g/mol. The lowest BCUT2D eigenvalue weighted by Gasteiger charge is -2.26. The topological polar surface area (TPSA) is 38.9 Å². The standard InChI is InChI=1S/C12H17F3N2S/c1-8-3-2-5-11(16,6-4-8)9-7-17-10(18-9)12(13,14)15/h7-8H,2-6,16H2,1H3. The highest BCUT2D eigenvalue weighted by molar-refractivity contribution is 7.11. The number of aromatic nitrogens is 1. The van der Waals surface area contributed by atoms with Gasteiger partial charge in [0.1, 0.15) is 0 Å². The van der Waals surface area contributed by atoms with Crippen molar-refractivity contribution in [3.05, 3.63) is 16.1 Å². The third-order valence-corrected chi connectivity index (χ3v) is 4.90. The molecule has 0 saturated heterocycles. The summed E-state index contributed by atoms with van der Waals surface area (Å²) in [5, 5.41) is -0.792. The van der Waals surface area contributed by atoms with Crippen LogP contribution in [0.1, 0.15) is 48.9 Å². The number of hydrogen-bond donors (Lipinski definition) is 1. The first-order valence-electron chi connectivity index (χ1n) is 6.14. The van der Waals surface area contributed by atoms with Gasteiger partial charge in [-0.15, -0.1) is 11.3 Å². The maximum atomic E-state index is 12.5. The summed E-state index contributed by atoms with van der Waals surface area (Å²) in [4.78, 5) is 4.04. The Morgan fingerprint density at radius 2 is 2.11 bits per heavy atom. The van der Waals surface area contributed by atoms with E-state index < -0.39 is 16.7 Å². The van der Waals surface area contributed by atoms with Gasteiger partial charge in [-0.1, -0.05) is 19.8 Å². The van der Waals surface area contributed by atoms with Crippen molar-refractivity contribution in [3.63, 3.8) is 0 Å². The molecule has 2 N–H and O–H groups in total. The van der Waals surface area contributed by atoms with Crippen LogP contribution in [0.25, 0.3) is 0 Å². The normalized spacial score (nSPS) is 30.2. The van der Waals surface area contributed by atoms with Gasteiger partial charge >= 0.3 is 6.18 Å². The lowest BCUT2D eigenvalue weighted by atomic mass is 9.90. The second kappa shape index (κ2) is 4.81. The number of rotatable bonds is 1. The molecule has 0 aliphatic heterocycles. The summed E-state index contributed by atoms with van der Waals surface area (Å²) < 4.78 is 37.6. The summed E-state index contributed by atoms with van der Waals surface area (Å²) in [5.74, 6) is 0.602. The minimum Gasteiger partial charge on any atom is -0.321 e. The van der Waals surface area contributed by atoms with Crippen molar-refractivity contribution in [2.45, 2.75) is 50.7 Å². The van der Waals surface area contributed by atoms with E-state index in [1.807, 2.05) is 0 Å². The SMILES string of the molecule is CC1CCCC(N)(c2cnc(C(F)(F)F)s2)CC1. The smallest absolute Gasteiger partial charge is 0.321 e. The van der Waals surface area contributed by atoms with Crippen molar-refractivity contribution in [2.24, 2.45) is 11.7 Å². The maximum absolute atomic E-state index is 12.5. The second-order valence-electron chi connectivity index (χ2n) is 5.22. The van der Waals surface area contributed by atoms with Crippen LogP contribution in [0.2, 0.25) is 0 Å². The van der Waals surface area contributed by atoms with Crippen LogP contribution >= 0.6 is 11.3 Å². The summed E-state index contributed by atoms with van der Waals surface area (Å²) in [6, 6.07) is 0. The van der Waals surface area contributed by atoms with Gasteiger partial charge in [0.2, 0.25) is 0 Å². The first-order valence-corrected chi connectivity index (χ1v) is 6.95. The molecule has 1 fully saturated rings. The number of thiazole rings is 1. The Balaban J connectivity index is 2.21. The lowest BCUT2D eigenvalue weighted by Crippen LogP contribution is -2.35. The summed E-state index contributed by atoms with van der Waals surface area (Å²) >= 11 is 0.695. The van der Waals surface area contributed by atoms with Gasteiger partial charge in [-0.3, -0.25) is 0 Å². The maximum Gasteiger partial charge on any atom is 0.443 e. The number of hydrogen-bond acceptors (Lipinski definition) is 3. The van der Waals surface area contributed by atoms with Gasteiger partial charge in [0, 0.05) is 11.1 Å². The fourth-order valence-electron chi connectivity index (χ4n) is 2.42. The van der Waals surface area contributed by atoms with Crippen LogP contribution in [-0.2, 0) is 11.7 Å². The van der Waals surface area contributed by atoms with Gasteiger partial charge in [0.15, 0.2) is 5.01 Å². The number of nitrogens with two attached hydrogens (primary N) is 1. The molecule has 2 rings (SSSR count). The van der Waals surface area contributed by atoms with E-state index in [0.29, 0.717) is 22.1 Å². The molecule has 1 heterocycles. The highest BCUT2D eigenvalue weighted by Crippen LogP contribution is 2.41. The van der Waals surface area contributed by atoms with Crippen molar-refractivity contribution in [1.82, 2.24) is 4.98 Å². The van der Waals surface area contributed by atoms with E-state index in [4.69, 9.17) is 5.73 Å². The Hall–Kier alpha value is -0.620. The monoisotopic (exact) mass is 278 g/mol. The molecule has 2 unspecified atom stereocenters. The minimum atomic E-state index is -4.36. The molecule has 1 aromatic rings. The molecule has 1 saturated carbocycles. The van der Waals surface area contributed by atoms with E-state index >= 15 is 0 Å². The molecule has 0 amide bonds. The van der Waals surface area contributed by atoms with E-state index in [-0.39, 0.29) is 0 Å². The zero-order valence-corrected chi connectivity index (χ0v) is 11.1. The van der Waals surface area contributed by atoms with Gasteiger partial charge in [-0.25, -0.2) is 4.98 Å². The fraction of sp³-hybridized carbons (Fsp3) is 0.750. The molecule has 1 aromatic heterocycles. The van der Waals surface area contributed by atoms with Gasteiger partial charge in [0.25, 0.3) is 0 Å². The molecular weight excluding hydrogens is 261 g/mol. The van der Waals surface area contributed by atoms with E-state index in [1.54, 1.807) is 0 Å². The minimum absolute atomic E-state index is 0.573. The van der Waals surface area contributed by atoms with Crippen molar-refractivity contribution in [3.8, 4) is 0 Å². The Morgan fingerprint density at radius 3 is 2.72 bits per heavy atom. The van der Waals surface area contributed by atoms with Crippen LogP contribution in [0.5, 0.6) is 0 Å². The zero-order valence-electron chi connectivity index (χ0n) is 10.3. The highest BCUT2D eigenvalue weighted by Gasteiger charge is 2.38. The average Bonchev–Trinajstić information content (AvgIpc) is 2.70. The molecule has 0 aromatic carbocycles. The number of alkyl halides is 3. The van der Waals surface area contributed by atoms with Gasteiger partial charge < -0.3 is 5.73 Å². The largest absolute Gasteiger partial charge is 0.443 e. The van der Waals surface area contributed by atoms with Crippen molar-refractivity contribution in [1.29, 1.82) is 0 Å². The van der Waals surface area contributed by atoms with Gasteiger partial charge in [-0.05, 0) is 25.2 Å². The Morgan fingerprint density at radius 1 is 1.39 bits per heavy atom. The van der Waals surface area contributed by atoms with E-state index in [0.717, 1.165) is 32.1 Å². The second-order valence-corrected chi connectivity index (χ2v) is 6.25. The van der Waals surface area contributed by atoms with E-state index in [2.05, 4.69) is 11.9 Å².